The molecule has 0 spiro atoms. The molecule has 0 saturated carbocycles. The molecule has 0 bridgehead atoms. The van der Waals surface area contributed by atoms with Crippen LogP contribution in [0.2, 0.25) is 0 Å². The number of ether oxygens (including phenoxy) is 1. The minimum Gasteiger partial charge on any atom is -0.462 e. The van der Waals surface area contributed by atoms with Crippen molar-refractivity contribution in [1.29, 1.82) is 0 Å². The van der Waals surface area contributed by atoms with E-state index >= 15 is 0 Å². The van der Waals surface area contributed by atoms with Gasteiger partial charge in [-0.3, -0.25) is 0 Å². The number of esters is 1. The third-order valence-corrected chi connectivity index (χ3v) is 1.81. The number of hydrogen-bond acceptors (Lipinski definition) is 2. The monoisotopic (exact) mass is 166 g/mol. The van der Waals surface area contributed by atoms with Crippen LogP contribution in [0.4, 0.5) is 0 Å². The molecular formula is C10H14O2. The van der Waals surface area contributed by atoms with E-state index in [2.05, 4.69) is 13.0 Å². The van der Waals surface area contributed by atoms with Gasteiger partial charge in [0.05, 0.1) is 6.61 Å². The molecule has 1 aliphatic heterocycles. The van der Waals surface area contributed by atoms with E-state index in [1.165, 1.54) is 11.6 Å². The highest BCUT2D eigenvalue weighted by Crippen LogP contribution is 2.07. The quantitative estimate of drug-likeness (QED) is 0.407. The van der Waals surface area contributed by atoms with Crippen LogP contribution in [0.25, 0.3) is 0 Å². The third-order valence-electron chi connectivity index (χ3n) is 1.81. The Kier molecular flexibility index (Phi) is 3.58. The normalized spacial score (nSPS) is 19.8. The zero-order valence-corrected chi connectivity index (χ0v) is 7.38. The van der Waals surface area contributed by atoms with Crippen molar-refractivity contribution in [1.82, 2.24) is 0 Å². The maximum Gasteiger partial charge on any atom is 0.330 e. The summed E-state index contributed by atoms with van der Waals surface area (Å²) in [5.41, 5.74) is 1.37. The second-order valence-corrected chi connectivity index (χ2v) is 2.95. The predicted octanol–water partition coefficient (Wildman–Crippen LogP) is 2.22. The van der Waals surface area contributed by atoms with Crippen molar-refractivity contribution < 1.29 is 9.53 Å². The topological polar surface area (TPSA) is 26.3 Å². The minimum absolute atomic E-state index is 0.219. The van der Waals surface area contributed by atoms with Gasteiger partial charge in [0.1, 0.15) is 0 Å². The standard InChI is InChI=1S/C10H14O2/c1-9-5-2-3-7-10(11)12-8-4-6-9/h3,6-7H,2,4-5,8H2,1H3. The van der Waals surface area contributed by atoms with Crippen molar-refractivity contribution in [2.45, 2.75) is 26.2 Å². The average molecular weight is 166 g/mol. The van der Waals surface area contributed by atoms with Gasteiger partial charge in [-0.2, -0.15) is 0 Å². The summed E-state index contributed by atoms with van der Waals surface area (Å²) < 4.78 is 4.90. The van der Waals surface area contributed by atoms with Gasteiger partial charge in [0, 0.05) is 6.08 Å². The number of cyclic esters (lactones) is 1. The summed E-state index contributed by atoms with van der Waals surface area (Å²) in [6, 6.07) is 0. The highest BCUT2D eigenvalue weighted by molar-refractivity contribution is 5.81. The van der Waals surface area contributed by atoms with Crippen LogP contribution in [-0.2, 0) is 9.53 Å². The molecule has 0 aromatic heterocycles. The van der Waals surface area contributed by atoms with Gasteiger partial charge in [0.2, 0.25) is 0 Å². The van der Waals surface area contributed by atoms with Crippen molar-refractivity contribution >= 4 is 5.97 Å². The summed E-state index contributed by atoms with van der Waals surface area (Å²) in [4.78, 5) is 10.9. The van der Waals surface area contributed by atoms with Gasteiger partial charge >= 0.3 is 5.97 Å². The van der Waals surface area contributed by atoms with Crippen LogP contribution in [0.3, 0.4) is 0 Å². The molecule has 0 amide bonds. The van der Waals surface area contributed by atoms with Crippen LogP contribution in [-0.4, -0.2) is 12.6 Å². The number of hydrogen-bond donors (Lipinski definition) is 0. The van der Waals surface area contributed by atoms with Gasteiger partial charge in [0.25, 0.3) is 0 Å². The first-order chi connectivity index (χ1) is 5.79. The fourth-order valence-corrected chi connectivity index (χ4v) is 1.11. The van der Waals surface area contributed by atoms with Crippen molar-refractivity contribution in [2.75, 3.05) is 6.61 Å². The molecule has 0 aromatic rings. The van der Waals surface area contributed by atoms with Crippen LogP contribution >= 0.6 is 0 Å². The first-order valence-electron chi connectivity index (χ1n) is 4.28. The summed E-state index contributed by atoms with van der Waals surface area (Å²) >= 11 is 0. The van der Waals surface area contributed by atoms with Gasteiger partial charge < -0.3 is 4.74 Å². The van der Waals surface area contributed by atoms with Gasteiger partial charge in [-0.15, -0.1) is 0 Å². The number of allylic oxidation sites excluding steroid dienone is 2. The van der Waals surface area contributed by atoms with Crippen LogP contribution in [0, 0.1) is 0 Å². The maximum atomic E-state index is 10.9. The van der Waals surface area contributed by atoms with Crippen LogP contribution in [0.5, 0.6) is 0 Å². The third kappa shape index (κ3) is 3.37. The fraction of sp³-hybridized carbons (Fsp3) is 0.500. The van der Waals surface area contributed by atoms with Gasteiger partial charge in [0.15, 0.2) is 0 Å². The lowest BCUT2D eigenvalue weighted by Gasteiger charge is -2.03. The van der Waals surface area contributed by atoms with E-state index in [0.717, 1.165) is 19.3 Å². The molecule has 0 atom stereocenters. The summed E-state index contributed by atoms with van der Waals surface area (Å²) in [6.07, 6.45) is 8.32. The van der Waals surface area contributed by atoms with Crippen molar-refractivity contribution in [3.63, 3.8) is 0 Å². The molecule has 12 heavy (non-hydrogen) atoms. The molecule has 2 nitrogen and oxygen atoms in total. The maximum absolute atomic E-state index is 10.9. The highest BCUT2D eigenvalue weighted by atomic mass is 16.5. The molecule has 2 heteroatoms. The van der Waals surface area contributed by atoms with Crippen LogP contribution in [0.1, 0.15) is 26.2 Å². The molecule has 0 aromatic carbocycles. The Labute approximate surface area is 72.9 Å². The molecule has 66 valence electrons. The predicted molar refractivity (Wildman–Crippen MR) is 47.7 cm³/mol. The Morgan fingerprint density at radius 1 is 1.42 bits per heavy atom. The van der Waals surface area contributed by atoms with Crippen molar-refractivity contribution in [3.8, 4) is 0 Å². The zero-order chi connectivity index (χ0) is 8.81. The molecular weight excluding hydrogens is 152 g/mol. The SMILES string of the molecule is CC1=CCCOC(=O)C=CCC1. The van der Waals surface area contributed by atoms with E-state index < -0.39 is 0 Å². The molecule has 0 radical (unpaired) electrons. The first kappa shape index (κ1) is 9.04. The van der Waals surface area contributed by atoms with E-state index in [1.54, 1.807) is 0 Å². The van der Waals surface area contributed by atoms with Crippen LogP contribution < -0.4 is 0 Å². The van der Waals surface area contributed by atoms with E-state index in [9.17, 15) is 4.79 Å². The molecule has 1 rings (SSSR count). The van der Waals surface area contributed by atoms with Gasteiger partial charge in [-0.05, 0) is 26.2 Å². The Morgan fingerprint density at radius 3 is 3.08 bits per heavy atom. The van der Waals surface area contributed by atoms with Crippen molar-refractivity contribution in [2.24, 2.45) is 0 Å². The second kappa shape index (κ2) is 4.75. The molecule has 0 aliphatic carbocycles. The second-order valence-electron chi connectivity index (χ2n) is 2.95. The fourth-order valence-electron chi connectivity index (χ4n) is 1.11. The van der Waals surface area contributed by atoms with E-state index in [1.807, 2.05) is 6.08 Å². The number of carbonyl (C=O) groups excluding carboxylic acids is 1. The lowest BCUT2D eigenvalue weighted by molar-refractivity contribution is -0.137. The van der Waals surface area contributed by atoms with Gasteiger partial charge in [-0.25, -0.2) is 4.79 Å². The summed E-state index contributed by atoms with van der Waals surface area (Å²) in [6.45, 7) is 2.61. The van der Waals surface area contributed by atoms with Crippen LogP contribution in [0.15, 0.2) is 23.8 Å². The lowest BCUT2D eigenvalue weighted by Crippen LogP contribution is -2.02. The Balaban J connectivity index is 2.49. The molecule has 0 saturated heterocycles. The first-order valence-corrected chi connectivity index (χ1v) is 4.28. The van der Waals surface area contributed by atoms with E-state index in [4.69, 9.17) is 4.74 Å². The number of rotatable bonds is 0. The Hall–Kier alpha value is -1.05. The van der Waals surface area contributed by atoms with Crippen molar-refractivity contribution in [3.05, 3.63) is 23.8 Å². The molecule has 0 fully saturated rings. The summed E-state index contributed by atoms with van der Waals surface area (Å²) in [7, 11) is 0. The molecule has 1 heterocycles. The Bertz CT molecular complexity index is 214. The zero-order valence-electron chi connectivity index (χ0n) is 7.38. The molecule has 1 aliphatic rings. The van der Waals surface area contributed by atoms with E-state index in [-0.39, 0.29) is 5.97 Å². The van der Waals surface area contributed by atoms with E-state index in [0.29, 0.717) is 6.61 Å². The molecule has 0 unspecified atom stereocenters. The lowest BCUT2D eigenvalue weighted by atomic mass is 10.1. The smallest absolute Gasteiger partial charge is 0.330 e. The summed E-state index contributed by atoms with van der Waals surface area (Å²) in [5.74, 6) is -0.219. The van der Waals surface area contributed by atoms with Gasteiger partial charge in [-0.1, -0.05) is 17.7 Å². The number of carbonyl (C=O) groups is 1. The molecule has 0 N–H and O–H groups in total. The summed E-state index contributed by atoms with van der Waals surface area (Å²) in [5, 5.41) is 0. The average Bonchev–Trinajstić information content (AvgIpc) is 2.06. The largest absolute Gasteiger partial charge is 0.462 e. The highest BCUT2D eigenvalue weighted by Gasteiger charge is 1.97. The Morgan fingerprint density at radius 2 is 2.25 bits per heavy atom. The minimum atomic E-state index is -0.219.